The maximum absolute atomic E-state index is 6.42. The maximum atomic E-state index is 6.42. The Balaban J connectivity index is 1.97. The van der Waals surface area contributed by atoms with Crippen LogP contribution in [0.25, 0.3) is 21.1 Å². The molecule has 7 heteroatoms. The molecule has 0 spiro atoms. The molecule has 1 aromatic carbocycles. The van der Waals surface area contributed by atoms with E-state index in [4.69, 9.17) is 27.9 Å². The fourth-order valence-corrected chi connectivity index (χ4v) is 4.25. The minimum absolute atomic E-state index is 0.395. The number of fused-ring (bicyclic) bond motifs is 2. The lowest BCUT2D eigenvalue weighted by Gasteiger charge is -2.12. The summed E-state index contributed by atoms with van der Waals surface area (Å²) in [7, 11) is 0. The van der Waals surface area contributed by atoms with Crippen LogP contribution in [0.1, 0.15) is 16.1 Å². The van der Waals surface area contributed by atoms with Gasteiger partial charge in [-0.15, -0.1) is 11.3 Å². The van der Waals surface area contributed by atoms with Gasteiger partial charge in [0.1, 0.15) is 16.7 Å². The summed E-state index contributed by atoms with van der Waals surface area (Å²) < 4.78 is 6.14. The van der Waals surface area contributed by atoms with Gasteiger partial charge in [0.2, 0.25) is 5.88 Å². The number of nitrogens with zero attached hydrogens (tertiary/aromatic N) is 3. The summed E-state index contributed by atoms with van der Waals surface area (Å²) in [5, 5.41) is 2.62. The van der Waals surface area contributed by atoms with Gasteiger partial charge in [0.15, 0.2) is 5.75 Å². The second kappa shape index (κ2) is 6.09. The van der Waals surface area contributed by atoms with Crippen molar-refractivity contribution in [3.05, 3.63) is 50.7 Å². The first-order chi connectivity index (χ1) is 12.0. The third kappa shape index (κ3) is 2.72. The minimum Gasteiger partial charge on any atom is -0.434 e. The number of aromatic nitrogens is 3. The summed E-state index contributed by atoms with van der Waals surface area (Å²) in [6.07, 6.45) is 1.50. The fraction of sp³-hybridized carbons (Fsp3) is 0.167. The molecular formula is C18H13Cl2N3OS. The van der Waals surface area contributed by atoms with Gasteiger partial charge in [0.25, 0.3) is 0 Å². The number of rotatable bonds is 2. The molecule has 0 aliphatic heterocycles. The van der Waals surface area contributed by atoms with Gasteiger partial charge in [-0.25, -0.2) is 15.0 Å². The molecule has 4 nitrogen and oxygen atoms in total. The number of hydrogen-bond acceptors (Lipinski definition) is 5. The van der Waals surface area contributed by atoms with Gasteiger partial charge in [-0.2, -0.15) is 0 Å². The highest BCUT2D eigenvalue weighted by molar-refractivity contribution is 7.18. The number of halogens is 2. The van der Waals surface area contributed by atoms with Crippen molar-refractivity contribution in [2.75, 3.05) is 0 Å². The Morgan fingerprint density at radius 1 is 1.04 bits per heavy atom. The summed E-state index contributed by atoms with van der Waals surface area (Å²) >= 11 is 14.3. The quantitative estimate of drug-likeness (QED) is 0.405. The zero-order chi connectivity index (χ0) is 17.7. The van der Waals surface area contributed by atoms with E-state index in [-0.39, 0.29) is 0 Å². The van der Waals surface area contributed by atoms with Crippen LogP contribution >= 0.6 is 34.5 Å². The topological polar surface area (TPSA) is 47.9 Å². The van der Waals surface area contributed by atoms with Crippen LogP contribution in [0.2, 0.25) is 10.0 Å². The number of aryl methyl sites for hydroxylation is 3. The van der Waals surface area contributed by atoms with E-state index in [0.29, 0.717) is 27.2 Å². The van der Waals surface area contributed by atoms with E-state index in [9.17, 15) is 0 Å². The molecule has 0 saturated carbocycles. The molecule has 3 aromatic heterocycles. The molecule has 0 N–H and O–H groups in total. The Bertz CT molecular complexity index is 1140. The van der Waals surface area contributed by atoms with Crippen LogP contribution in [0.4, 0.5) is 0 Å². The smallest absolute Gasteiger partial charge is 0.231 e. The first-order valence-corrected chi connectivity index (χ1v) is 9.17. The first kappa shape index (κ1) is 16.5. The average molecular weight is 390 g/mol. The Morgan fingerprint density at radius 2 is 1.84 bits per heavy atom. The molecule has 0 aliphatic carbocycles. The summed E-state index contributed by atoms with van der Waals surface area (Å²) in [6, 6.07) is 5.49. The summed E-state index contributed by atoms with van der Waals surface area (Å²) in [4.78, 5) is 15.3. The van der Waals surface area contributed by atoms with Crippen molar-refractivity contribution in [3.8, 4) is 11.6 Å². The zero-order valence-corrected chi connectivity index (χ0v) is 16.1. The molecule has 0 amide bonds. The molecular weight excluding hydrogens is 377 g/mol. The van der Waals surface area contributed by atoms with Gasteiger partial charge >= 0.3 is 0 Å². The van der Waals surface area contributed by atoms with Crippen molar-refractivity contribution < 1.29 is 4.74 Å². The van der Waals surface area contributed by atoms with Crippen LogP contribution in [0.3, 0.4) is 0 Å². The minimum atomic E-state index is 0.395. The van der Waals surface area contributed by atoms with E-state index in [1.807, 2.05) is 26.0 Å². The molecule has 0 saturated heterocycles. The number of pyridine rings is 1. The molecule has 126 valence electrons. The molecule has 0 aliphatic rings. The lowest BCUT2D eigenvalue weighted by atomic mass is 10.2. The van der Waals surface area contributed by atoms with Crippen LogP contribution < -0.4 is 4.74 Å². The van der Waals surface area contributed by atoms with Crippen molar-refractivity contribution >= 4 is 55.7 Å². The number of hydrogen-bond donors (Lipinski definition) is 0. The summed E-state index contributed by atoms with van der Waals surface area (Å²) in [6.45, 7) is 6.00. The molecule has 0 bridgehead atoms. The van der Waals surface area contributed by atoms with E-state index in [1.165, 1.54) is 11.2 Å². The summed E-state index contributed by atoms with van der Waals surface area (Å²) in [5.41, 5.74) is 2.58. The molecule has 4 aromatic rings. The van der Waals surface area contributed by atoms with Gasteiger partial charge in [-0.3, -0.25) is 0 Å². The second-order valence-electron chi connectivity index (χ2n) is 5.76. The number of ether oxygens (including phenoxy) is 1. The Hall–Kier alpha value is -1.95. The average Bonchev–Trinajstić information content (AvgIpc) is 2.86. The third-order valence-corrected chi connectivity index (χ3v) is 5.82. The van der Waals surface area contributed by atoms with Crippen molar-refractivity contribution in [2.24, 2.45) is 0 Å². The first-order valence-electron chi connectivity index (χ1n) is 7.59. The predicted octanol–water partition coefficient (Wildman–Crippen LogP) is 6.26. The second-order valence-corrected chi connectivity index (χ2v) is 7.78. The highest BCUT2D eigenvalue weighted by atomic mass is 35.5. The maximum Gasteiger partial charge on any atom is 0.231 e. The largest absolute Gasteiger partial charge is 0.434 e. The predicted molar refractivity (Wildman–Crippen MR) is 103 cm³/mol. The van der Waals surface area contributed by atoms with Crippen LogP contribution in [-0.4, -0.2) is 15.0 Å². The lowest BCUT2D eigenvalue weighted by molar-refractivity contribution is 0.472. The molecule has 4 rings (SSSR count). The molecule has 25 heavy (non-hydrogen) atoms. The van der Waals surface area contributed by atoms with E-state index in [1.54, 1.807) is 17.4 Å². The summed E-state index contributed by atoms with van der Waals surface area (Å²) in [5.74, 6) is 0.925. The van der Waals surface area contributed by atoms with Gasteiger partial charge in [-0.05, 0) is 44.5 Å². The SMILES string of the molecule is Cc1ccc2c(Cl)cc(Cl)c(Oc3ncnc4sc(C)c(C)c34)c2n1. The molecule has 0 atom stereocenters. The van der Waals surface area contributed by atoms with Gasteiger partial charge in [-0.1, -0.05) is 23.2 Å². The van der Waals surface area contributed by atoms with Crippen LogP contribution in [0.5, 0.6) is 11.6 Å². The Morgan fingerprint density at radius 3 is 2.64 bits per heavy atom. The standard InChI is InChI=1S/C18H13Cl2N3OS/c1-8-4-5-11-12(19)6-13(20)16(15(11)23-8)24-17-14-9(2)10(3)25-18(14)22-7-21-17/h4-7H,1-3H3. The van der Waals surface area contributed by atoms with E-state index < -0.39 is 0 Å². The van der Waals surface area contributed by atoms with Crippen molar-refractivity contribution in [2.45, 2.75) is 20.8 Å². The third-order valence-electron chi connectivity index (χ3n) is 4.11. The highest BCUT2D eigenvalue weighted by Gasteiger charge is 2.18. The Labute approximate surface area is 158 Å². The monoisotopic (exact) mass is 389 g/mol. The van der Waals surface area contributed by atoms with E-state index in [0.717, 1.165) is 26.9 Å². The van der Waals surface area contributed by atoms with Crippen LogP contribution in [0.15, 0.2) is 24.5 Å². The molecule has 0 unspecified atom stereocenters. The molecule has 3 heterocycles. The lowest BCUT2D eigenvalue weighted by Crippen LogP contribution is -1.95. The fourth-order valence-electron chi connectivity index (χ4n) is 2.71. The van der Waals surface area contributed by atoms with E-state index >= 15 is 0 Å². The van der Waals surface area contributed by atoms with Crippen molar-refractivity contribution in [1.82, 2.24) is 15.0 Å². The van der Waals surface area contributed by atoms with E-state index in [2.05, 4.69) is 21.9 Å². The van der Waals surface area contributed by atoms with Gasteiger partial charge in [0, 0.05) is 16.0 Å². The highest BCUT2D eigenvalue weighted by Crippen LogP contribution is 2.42. The zero-order valence-electron chi connectivity index (χ0n) is 13.7. The van der Waals surface area contributed by atoms with Crippen LogP contribution in [0, 0.1) is 20.8 Å². The normalized spacial score (nSPS) is 11.4. The number of benzene rings is 1. The van der Waals surface area contributed by atoms with Gasteiger partial charge < -0.3 is 4.74 Å². The molecule has 0 fully saturated rings. The molecule has 0 radical (unpaired) electrons. The van der Waals surface area contributed by atoms with Crippen LogP contribution in [-0.2, 0) is 0 Å². The van der Waals surface area contributed by atoms with Crippen molar-refractivity contribution in [3.63, 3.8) is 0 Å². The number of thiophene rings is 1. The Kier molecular flexibility index (Phi) is 4.02. The van der Waals surface area contributed by atoms with Gasteiger partial charge in [0.05, 0.1) is 15.4 Å². The van der Waals surface area contributed by atoms with Crippen molar-refractivity contribution in [1.29, 1.82) is 0 Å².